The Morgan fingerprint density at radius 1 is 1.53 bits per heavy atom. The molecule has 0 saturated carbocycles. The van der Waals surface area contributed by atoms with Gasteiger partial charge in [-0.15, -0.1) is 6.58 Å². The fraction of sp³-hybridized carbons (Fsp3) is 0.538. The van der Waals surface area contributed by atoms with E-state index in [1.165, 1.54) is 12.8 Å². The zero-order valence-corrected chi connectivity index (χ0v) is 9.54. The Balaban J connectivity index is 2.27. The van der Waals surface area contributed by atoms with Crippen LogP contribution in [-0.4, -0.2) is 6.04 Å². The standard InChI is InChI=1S/C13H21NO/c1-3-5-8-12(7-4-2)14-11-13-9-6-10-15-13/h3,6,9-10,12,14H,1,4-5,7-8,11H2,2H3. The van der Waals surface area contributed by atoms with Crippen molar-refractivity contribution in [3.8, 4) is 0 Å². The number of allylic oxidation sites excluding steroid dienone is 1. The minimum Gasteiger partial charge on any atom is -0.468 e. The van der Waals surface area contributed by atoms with Gasteiger partial charge in [-0.05, 0) is 31.4 Å². The van der Waals surface area contributed by atoms with E-state index in [-0.39, 0.29) is 0 Å². The molecule has 0 aromatic carbocycles. The highest BCUT2D eigenvalue weighted by molar-refractivity contribution is 4.97. The molecular formula is C13H21NO. The van der Waals surface area contributed by atoms with Crippen molar-refractivity contribution in [3.05, 3.63) is 36.8 Å². The first-order chi connectivity index (χ1) is 7.36. The molecule has 0 aliphatic heterocycles. The summed E-state index contributed by atoms with van der Waals surface area (Å²) in [7, 11) is 0. The largest absolute Gasteiger partial charge is 0.468 e. The summed E-state index contributed by atoms with van der Waals surface area (Å²) in [5.74, 6) is 1.01. The molecule has 1 heterocycles. The van der Waals surface area contributed by atoms with Crippen molar-refractivity contribution < 1.29 is 4.42 Å². The molecule has 1 aromatic rings. The summed E-state index contributed by atoms with van der Waals surface area (Å²) in [5, 5.41) is 3.52. The number of furan rings is 1. The first-order valence-corrected chi connectivity index (χ1v) is 5.73. The van der Waals surface area contributed by atoms with Gasteiger partial charge in [-0.2, -0.15) is 0 Å². The van der Waals surface area contributed by atoms with Gasteiger partial charge in [0.25, 0.3) is 0 Å². The maximum atomic E-state index is 5.28. The van der Waals surface area contributed by atoms with Gasteiger partial charge >= 0.3 is 0 Å². The van der Waals surface area contributed by atoms with E-state index >= 15 is 0 Å². The molecule has 1 atom stereocenters. The van der Waals surface area contributed by atoms with Crippen molar-refractivity contribution in [3.63, 3.8) is 0 Å². The van der Waals surface area contributed by atoms with Crippen LogP contribution < -0.4 is 5.32 Å². The smallest absolute Gasteiger partial charge is 0.117 e. The lowest BCUT2D eigenvalue weighted by Crippen LogP contribution is -2.28. The third-order valence-electron chi connectivity index (χ3n) is 2.50. The van der Waals surface area contributed by atoms with Crippen LogP contribution in [0, 0.1) is 0 Å². The fourth-order valence-corrected chi connectivity index (χ4v) is 1.67. The van der Waals surface area contributed by atoms with Crippen LogP contribution in [0.25, 0.3) is 0 Å². The zero-order valence-electron chi connectivity index (χ0n) is 9.54. The van der Waals surface area contributed by atoms with Crippen molar-refractivity contribution >= 4 is 0 Å². The monoisotopic (exact) mass is 207 g/mol. The van der Waals surface area contributed by atoms with Crippen LogP contribution in [0.4, 0.5) is 0 Å². The summed E-state index contributed by atoms with van der Waals surface area (Å²) in [6.07, 6.45) is 8.38. The van der Waals surface area contributed by atoms with Crippen LogP contribution in [0.2, 0.25) is 0 Å². The third-order valence-corrected chi connectivity index (χ3v) is 2.50. The van der Waals surface area contributed by atoms with E-state index in [1.54, 1.807) is 6.26 Å². The molecule has 2 heteroatoms. The Hall–Kier alpha value is -1.02. The maximum Gasteiger partial charge on any atom is 0.117 e. The van der Waals surface area contributed by atoms with Gasteiger partial charge in [0.05, 0.1) is 12.8 Å². The molecule has 0 bridgehead atoms. The average molecular weight is 207 g/mol. The number of hydrogen-bond donors (Lipinski definition) is 1. The summed E-state index contributed by atoms with van der Waals surface area (Å²) < 4.78 is 5.28. The molecule has 0 amide bonds. The Morgan fingerprint density at radius 2 is 2.40 bits per heavy atom. The van der Waals surface area contributed by atoms with Gasteiger partial charge in [0, 0.05) is 6.04 Å². The zero-order chi connectivity index (χ0) is 10.9. The molecule has 0 aliphatic rings. The van der Waals surface area contributed by atoms with E-state index in [0.29, 0.717) is 6.04 Å². The molecule has 15 heavy (non-hydrogen) atoms. The maximum absolute atomic E-state index is 5.28. The summed E-state index contributed by atoms with van der Waals surface area (Å²) >= 11 is 0. The van der Waals surface area contributed by atoms with Crippen molar-refractivity contribution in [2.24, 2.45) is 0 Å². The van der Waals surface area contributed by atoms with Crippen LogP contribution in [0.3, 0.4) is 0 Å². The Bertz CT molecular complexity index is 254. The molecule has 0 fully saturated rings. The number of nitrogens with one attached hydrogen (secondary N) is 1. The molecule has 0 spiro atoms. The van der Waals surface area contributed by atoms with E-state index in [0.717, 1.165) is 25.1 Å². The molecule has 1 N–H and O–H groups in total. The lowest BCUT2D eigenvalue weighted by Gasteiger charge is -2.16. The molecule has 0 saturated heterocycles. The van der Waals surface area contributed by atoms with Crippen LogP contribution in [-0.2, 0) is 6.54 Å². The van der Waals surface area contributed by atoms with Gasteiger partial charge in [0.15, 0.2) is 0 Å². The van der Waals surface area contributed by atoms with Crippen LogP contribution in [0.5, 0.6) is 0 Å². The predicted molar refractivity (Wildman–Crippen MR) is 63.7 cm³/mol. The molecule has 2 nitrogen and oxygen atoms in total. The molecule has 1 unspecified atom stereocenters. The minimum absolute atomic E-state index is 0.582. The fourth-order valence-electron chi connectivity index (χ4n) is 1.67. The molecule has 84 valence electrons. The van der Waals surface area contributed by atoms with Crippen molar-refractivity contribution in [2.45, 2.75) is 45.2 Å². The Labute approximate surface area is 92.4 Å². The summed E-state index contributed by atoms with van der Waals surface area (Å²) in [4.78, 5) is 0. The first-order valence-electron chi connectivity index (χ1n) is 5.73. The molecule has 1 aromatic heterocycles. The van der Waals surface area contributed by atoms with E-state index in [9.17, 15) is 0 Å². The SMILES string of the molecule is C=CCCC(CCC)NCc1ccco1. The Morgan fingerprint density at radius 3 is 3.00 bits per heavy atom. The van der Waals surface area contributed by atoms with Crippen molar-refractivity contribution in [2.75, 3.05) is 0 Å². The van der Waals surface area contributed by atoms with E-state index in [4.69, 9.17) is 4.42 Å². The van der Waals surface area contributed by atoms with Crippen molar-refractivity contribution in [1.82, 2.24) is 5.32 Å². The second-order valence-corrected chi connectivity index (χ2v) is 3.81. The van der Waals surface area contributed by atoms with E-state index in [1.807, 2.05) is 18.2 Å². The van der Waals surface area contributed by atoms with Gasteiger partial charge in [-0.25, -0.2) is 0 Å². The van der Waals surface area contributed by atoms with Crippen LogP contribution in [0.15, 0.2) is 35.5 Å². The summed E-state index contributed by atoms with van der Waals surface area (Å²) in [5.41, 5.74) is 0. The number of hydrogen-bond acceptors (Lipinski definition) is 2. The third kappa shape index (κ3) is 4.84. The van der Waals surface area contributed by atoms with Gasteiger partial charge in [-0.3, -0.25) is 0 Å². The minimum atomic E-state index is 0.582. The predicted octanol–water partition coefficient (Wildman–Crippen LogP) is 3.50. The number of rotatable bonds is 8. The second-order valence-electron chi connectivity index (χ2n) is 3.81. The van der Waals surface area contributed by atoms with Crippen molar-refractivity contribution in [1.29, 1.82) is 0 Å². The topological polar surface area (TPSA) is 25.2 Å². The van der Waals surface area contributed by atoms with Crippen LogP contribution >= 0.6 is 0 Å². The molecule has 1 rings (SSSR count). The lowest BCUT2D eigenvalue weighted by atomic mass is 10.1. The quantitative estimate of drug-likeness (QED) is 0.660. The van der Waals surface area contributed by atoms with Gasteiger partial charge in [0.1, 0.15) is 5.76 Å². The molecule has 0 aliphatic carbocycles. The highest BCUT2D eigenvalue weighted by Gasteiger charge is 2.06. The summed E-state index contributed by atoms with van der Waals surface area (Å²) in [6, 6.07) is 4.51. The highest BCUT2D eigenvalue weighted by atomic mass is 16.3. The molecular weight excluding hydrogens is 186 g/mol. The van der Waals surface area contributed by atoms with Gasteiger partial charge in [-0.1, -0.05) is 19.4 Å². The average Bonchev–Trinajstić information content (AvgIpc) is 2.75. The highest BCUT2D eigenvalue weighted by Crippen LogP contribution is 2.07. The Kier molecular flexibility index (Phi) is 5.86. The van der Waals surface area contributed by atoms with E-state index < -0.39 is 0 Å². The van der Waals surface area contributed by atoms with Gasteiger partial charge < -0.3 is 9.73 Å². The second kappa shape index (κ2) is 7.30. The normalized spacial score (nSPS) is 12.6. The summed E-state index contributed by atoms with van der Waals surface area (Å²) in [6.45, 7) is 6.80. The first kappa shape index (κ1) is 12.1. The lowest BCUT2D eigenvalue weighted by molar-refractivity contribution is 0.411. The van der Waals surface area contributed by atoms with E-state index in [2.05, 4.69) is 18.8 Å². The van der Waals surface area contributed by atoms with Crippen LogP contribution in [0.1, 0.15) is 38.4 Å². The molecule has 0 radical (unpaired) electrons. The van der Waals surface area contributed by atoms with Gasteiger partial charge in [0.2, 0.25) is 0 Å².